The Morgan fingerprint density at radius 2 is 1.82 bits per heavy atom. The average molecular weight is 233 g/mol. The third-order valence-corrected chi connectivity index (χ3v) is 2.96. The number of hydrogen-bond acceptors (Lipinski definition) is 2. The second-order valence-electron chi connectivity index (χ2n) is 4.86. The average Bonchev–Trinajstić information content (AvgIpc) is 2.30. The molecule has 0 amide bonds. The number of carbonyl (C=O) groups excluding carboxylic acids is 1. The van der Waals surface area contributed by atoms with Gasteiger partial charge in [-0.1, -0.05) is 38.1 Å². The zero-order valence-corrected chi connectivity index (χ0v) is 10.9. The van der Waals surface area contributed by atoms with Gasteiger partial charge in [0.25, 0.3) is 0 Å². The Labute approximate surface area is 104 Å². The Hall–Kier alpha value is -1.15. The minimum absolute atomic E-state index is 0.316. The molecule has 1 aromatic rings. The van der Waals surface area contributed by atoms with E-state index in [9.17, 15) is 4.79 Å². The molecule has 0 aliphatic heterocycles. The van der Waals surface area contributed by atoms with Crippen LogP contribution in [0.5, 0.6) is 0 Å². The molecule has 2 nitrogen and oxygen atoms in total. The molecule has 2 N–H and O–H groups in total. The Bertz CT molecular complexity index is 340. The van der Waals surface area contributed by atoms with Crippen LogP contribution in [0.15, 0.2) is 24.3 Å². The summed E-state index contributed by atoms with van der Waals surface area (Å²) in [4.78, 5) is 11.7. The highest BCUT2D eigenvalue weighted by atomic mass is 16.1. The molecule has 0 heterocycles. The lowest BCUT2D eigenvalue weighted by molar-refractivity contribution is -0.118. The van der Waals surface area contributed by atoms with Crippen molar-refractivity contribution in [3.8, 4) is 0 Å². The van der Waals surface area contributed by atoms with Crippen molar-refractivity contribution in [2.45, 2.75) is 45.4 Å². The van der Waals surface area contributed by atoms with Crippen molar-refractivity contribution >= 4 is 5.78 Å². The van der Waals surface area contributed by atoms with Crippen molar-refractivity contribution in [2.24, 2.45) is 5.73 Å². The standard InChI is InChI=1S/C15H23NO/c1-12(2)14-8-6-13(7-9-14)11-15(17)5-3-4-10-16/h6-9,12H,3-5,10-11,16H2,1-2H3. The fourth-order valence-corrected chi connectivity index (χ4v) is 1.80. The molecule has 0 unspecified atom stereocenters. The highest BCUT2D eigenvalue weighted by Crippen LogP contribution is 2.15. The summed E-state index contributed by atoms with van der Waals surface area (Å²) in [7, 11) is 0. The second kappa shape index (κ2) is 7.23. The van der Waals surface area contributed by atoms with Gasteiger partial charge in [0, 0.05) is 12.8 Å². The molecule has 0 bridgehead atoms. The first-order valence-electron chi connectivity index (χ1n) is 6.44. The van der Waals surface area contributed by atoms with E-state index in [-0.39, 0.29) is 0 Å². The SMILES string of the molecule is CC(C)c1ccc(CC(=O)CCCCN)cc1. The lowest BCUT2D eigenvalue weighted by Gasteiger charge is -2.06. The molecule has 2 heteroatoms. The van der Waals surface area contributed by atoms with E-state index in [1.54, 1.807) is 0 Å². The summed E-state index contributed by atoms with van der Waals surface area (Å²) in [5, 5.41) is 0. The van der Waals surface area contributed by atoms with Crippen molar-refractivity contribution in [1.29, 1.82) is 0 Å². The zero-order valence-electron chi connectivity index (χ0n) is 10.9. The van der Waals surface area contributed by atoms with E-state index in [0.29, 0.717) is 31.1 Å². The predicted octanol–water partition coefficient (Wildman–Crippen LogP) is 3.05. The van der Waals surface area contributed by atoms with E-state index in [4.69, 9.17) is 5.73 Å². The van der Waals surface area contributed by atoms with Gasteiger partial charge >= 0.3 is 0 Å². The minimum atomic E-state index is 0.316. The molecule has 0 aliphatic rings. The first-order valence-corrected chi connectivity index (χ1v) is 6.44. The summed E-state index contributed by atoms with van der Waals surface area (Å²) >= 11 is 0. The fourth-order valence-electron chi connectivity index (χ4n) is 1.80. The van der Waals surface area contributed by atoms with E-state index >= 15 is 0 Å². The van der Waals surface area contributed by atoms with Crippen LogP contribution in [-0.2, 0) is 11.2 Å². The highest BCUT2D eigenvalue weighted by Gasteiger charge is 2.04. The van der Waals surface area contributed by atoms with Crippen LogP contribution in [0, 0.1) is 0 Å². The number of benzene rings is 1. The Morgan fingerprint density at radius 1 is 1.18 bits per heavy atom. The fraction of sp³-hybridized carbons (Fsp3) is 0.533. The normalized spacial score (nSPS) is 10.8. The van der Waals surface area contributed by atoms with Crippen LogP contribution in [0.3, 0.4) is 0 Å². The number of ketones is 1. The van der Waals surface area contributed by atoms with Gasteiger partial charge in [0.05, 0.1) is 0 Å². The van der Waals surface area contributed by atoms with Crippen LogP contribution in [0.25, 0.3) is 0 Å². The minimum Gasteiger partial charge on any atom is -0.330 e. The van der Waals surface area contributed by atoms with Crippen LogP contribution in [0.4, 0.5) is 0 Å². The number of Topliss-reactive ketones (excluding diaryl/α,β-unsaturated/α-hetero) is 1. The molecule has 17 heavy (non-hydrogen) atoms. The number of nitrogens with two attached hydrogens (primary N) is 1. The summed E-state index contributed by atoms with van der Waals surface area (Å²) < 4.78 is 0. The van der Waals surface area contributed by atoms with Gasteiger partial charge in [-0.15, -0.1) is 0 Å². The van der Waals surface area contributed by atoms with Crippen LogP contribution in [-0.4, -0.2) is 12.3 Å². The Kier molecular flexibility index (Phi) is 5.92. The predicted molar refractivity (Wildman–Crippen MR) is 72.1 cm³/mol. The molecule has 0 spiro atoms. The molecule has 0 saturated heterocycles. The highest BCUT2D eigenvalue weighted by molar-refractivity contribution is 5.80. The lowest BCUT2D eigenvalue weighted by Crippen LogP contribution is -2.05. The number of carbonyl (C=O) groups is 1. The Balaban J connectivity index is 2.43. The van der Waals surface area contributed by atoms with Crippen molar-refractivity contribution < 1.29 is 4.79 Å². The van der Waals surface area contributed by atoms with Crippen LogP contribution in [0.2, 0.25) is 0 Å². The maximum Gasteiger partial charge on any atom is 0.137 e. The number of hydrogen-bond donors (Lipinski definition) is 1. The third-order valence-electron chi connectivity index (χ3n) is 2.96. The van der Waals surface area contributed by atoms with E-state index in [0.717, 1.165) is 18.4 Å². The zero-order chi connectivity index (χ0) is 12.7. The number of unbranched alkanes of at least 4 members (excludes halogenated alkanes) is 1. The van der Waals surface area contributed by atoms with E-state index < -0.39 is 0 Å². The maximum atomic E-state index is 11.7. The lowest BCUT2D eigenvalue weighted by atomic mass is 9.99. The first-order chi connectivity index (χ1) is 8.13. The largest absolute Gasteiger partial charge is 0.330 e. The molecule has 0 radical (unpaired) electrons. The van der Waals surface area contributed by atoms with Gasteiger partial charge in [-0.3, -0.25) is 4.79 Å². The van der Waals surface area contributed by atoms with Crippen LogP contribution >= 0.6 is 0 Å². The van der Waals surface area contributed by atoms with Gasteiger partial charge < -0.3 is 5.73 Å². The molecule has 0 aliphatic carbocycles. The summed E-state index contributed by atoms with van der Waals surface area (Å²) in [5.41, 5.74) is 7.84. The smallest absolute Gasteiger partial charge is 0.137 e. The molecule has 94 valence electrons. The molecule has 0 atom stereocenters. The topological polar surface area (TPSA) is 43.1 Å². The first kappa shape index (κ1) is 13.9. The second-order valence-corrected chi connectivity index (χ2v) is 4.86. The van der Waals surface area contributed by atoms with Gasteiger partial charge in [-0.25, -0.2) is 0 Å². The molecule has 0 fully saturated rings. The van der Waals surface area contributed by atoms with Gasteiger partial charge in [0.2, 0.25) is 0 Å². The molecule has 0 saturated carbocycles. The summed E-state index contributed by atoms with van der Waals surface area (Å²) in [5.74, 6) is 0.861. The molecule has 0 aromatic heterocycles. The molecule has 1 rings (SSSR count). The van der Waals surface area contributed by atoms with Crippen molar-refractivity contribution in [3.63, 3.8) is 0 Å². The Morgan fingerprint density at radius 3 is 2.35 bits per heavy atom. The van der Waals surface area contributed by atoms with Crippen molar-refractivity contribution in [2.75, 3.05) is 6.54 Å². The van der Waals surface area contributed by atoms with Crippen LogP contribution in [0.1, 0.15) is 50.2 Å². The van der Waals surface area contributed by atoms with Crippen molar-refractivity contribution in [3.05, 3.63) is 35.4 Å². The third kappa shape index (κ3) is 5.14. The van der Waals surface area contributed by atoms with Gasteiger partial charge in [-0.05, 0) is 36.4 Å². The van der Waals surface area contributed by atoms with Crippen LogP contribution < -0.4 is 5.73 Å². The van der Waals surface area contributed by atoms with Gasteiger partial charge in [0.15, 0.2) is 0 Å². The summed E-state index contributed by atoms with van der Waals surface area (Å²) in [6.45, 7) is 5.02. The van der Waals surface area contributed by atoms with E-state index in [1.165, 1.54) is 5.56 Å². The monoisotopic (exact) mass is 233 g/mol. The van der Waals surface area contributed by atoms with Gasteiger partial charge in [-0.2, -0.15) is 0 Å². The van der Waals surface area contributed by atoms with Crippen molar-refractivity contribution in [1.82, 2.24) is 0 Å². The van der Waals surface area contributed by atoms with Gasteiger partial charge in [0.1, 0.15) is 5.78 Å². The van der Waals surface area contributed by atoms with E-state index in [2.05, 4.69) is 38.1 Å². The quantitative estimate of drug-likeness (QED) is 0.735. The number of rotatable bonds is 7. The molecular formula is C15H23NO. The molecular weight excluding hydrogens is 210 g/mol. The molecule has 1 aromatic carbocycles. The maximum absolute atomic E-state index is 11.7. The summed E-state index contributed by atoms with van der Waals surface area (Å²) in [6, 6.07) is 8.37. The van der Waals surface area contributed by atoms with E-state index in [1.807, 2.05) is 0 Å². The summed E-state index contributed by atoms with van der Waals surface area (Å²) in [6.07, 6.45) is 3.07.